The third kappa shape index (κ3) is 4.23. The number of phenols is 1. The lowest BCUT2D eigenvalue weighted by atomic mass is 9.53. The van der Waals surface area contributed by atoms with Crippen molar-refractivity contribution in [2.45, 2.75) is 52.2 Å². The van der Waals surface area contributed by atoms with Crippen molar-refractivity contribution in [1.29, 1.82) is 0 Å². The molecule has 0 aliphatic heterocycles. The van der Waals surface area contributed by atoms with Crippen molar-refractivity contribution in [1.82, 2.24) is 5.32 Å². The number of phenolic OH excluding ortho intramolecular Hbond substituents is 1. The average molecular weight is 530 g/mol. The number of amides is 3. The number of carbonyl (C=O) groups excluding carboxylic acids is 4. The summed E-state index contributed by atoms with van der Waals surface area (Å²) in [7, 11) is 0. The molecule has 3 amide bonds. The van der Waals surface area contributed by atoms with Crippen LogP contribution >= 0.6 is 0 Å². The summed E-state index contributed by atoms with van der Waals surface area (Å²) in [5.41, 5.74) is 5.49. The van der Waals surface area contributed by atoms with Gasteiger partial charge in [0.05, 0.1) is 29.4 Å². The van der Waals surface area contributed by atoms with Crippen LogP contribution in [0.2, 0.25) is 0 Å². The predicted octanol–water partition coefficient (Wildman–Crippen LogP) is 1.42. The quantitative estimate of drug-likeness (QED) is 0.219. The van der Waals surface area contributed by atoms with Crippen LogP contribution in [-0.2, 0) is 14.4 Å². The number of rotatable bonds is 5. The first kappa shape index (κ1) is 27.6. The van der Waals surface area contributed by atoms with Crippen LogP contribution in [0.3, 0.4) is 0 Å². The Kier molecular flexibility index (Phi) is 7.28. The maximum atomic E-state index is 13.7. The molecule has 0 radical (unpaired) electrons. The Bertz CT molecular complexity index is 1220. The Morgan fingerprint density at radius 1 is 1.08 bits per heavy atom. The van der Waals surface area contributed by atoms with Gasteiger partial charge in [0.2, 0.25) is 5.91 Å². The van der Waals surface area contributed by atoms with Crippen molar-refractivity contribution < 1.29 is 39.6 Å². The van der Waals surface area contributed by atoms with E-state index in [1.165, 1.54) is 6.07 Å². The largest absolute Gasteiger partial charge is 0.507 e. The number of nitrogens with two attached hydrogens (primary N) is 1. The second-order valence-electron chi connectivity index (χ2n) is 11.1. The highest BCUT2D eigenvalue weighted by atomic mass is 16.3. The summed E-state index contributed by atoms with van der Waals surface area (Å²) in [5, 5.41) is 49.6. The van der Waals surface area contributed by atoms with Gasteiger partial charge in [-0.25, -0.2) is 4.79 Å². The van der Waals surface area contributed by atoms with E-state index < -0.39 is 82.7 Å². The van der Waals surface area contributed by atoms with E-state index in [9.17, 15) is 39.6 Å². The first-order valence-electron chi connectivity index (χ1n) is 12.9. The van der Waals surface area contributed by atoms with Crippen LogP contribution in [0.4, 0.5) is 10.5 Å². The highest BCUT2D eigenvalue weighted by molar-refractivity contribution is 6.19. The average Bonchev–Trinajstić information content (AvgIpc) is 2.82. The maximum absolute atomic E-state index is 13.7. The van der Waals surface area contributed by atoms with Gasteiger partial charge in [-0.2, -0.15) is 0 Å². The van der Waals surface area contributed by atoms with E-state index in [4.69, 9.17) is 5.73 Å². The molecule has 5 unspecified atom stereocenters. The number of aliphatic hydroxyl groups excluding tert-OH is 3. The molecule has 4 rings (SSSR count). The Morgan fingerprint density at radius 3 is 2.34 bits per heavy atom. The number of aliphatic hydroxyl groups is 3. The van der Waals surface area contributed by atoms with Crippen LogP contribution in [0, 0.1) is 35.5 Å². The SMILES string of the molecule is CC(C)CCNC(=O)Nc1ccc2c(c1O)C(O)=C1C(=O)C3C(=O)C(C(N)=O)C(O)[C@@H](C)C3[C@@H](O)C1[C@H]2C. The number of nitrogens with one attached hydrogen (secondary N) is 2. The lowest BCUT2D eigenvalue weighted by Crippen LogP contribution is -2.62. The molecular weight excluding hydrogens is 494 g/mol. The van der Waals surface area contributed by atoms with Gasteiger partial charge in [-0.15, -0.1) is 0 Å². The number of anilines is 1. The molecule has 2 fully saturated rings. The van der Waals surface area contributed by atoms with E-state index in [1.807, 2.05) is 13.8 Å². The fraction of sp³-hybridized carbons (Fsp3) is 0.556. The van der Waals surface area contributed by atoms with Crippen LogP contribution in [0.15, 0.2) is 17.7 Å². The number of benzene rings is 1. The van der Waals surface area contributed by atoms with Crippen molar-refractivity contribution in [3.8, 4) is 5.75 Å². The van der Waals surface area contributed by atoms with E-state index in [0.29, 0.717) is 18.0 Å². The highest BCUT2D eigenvalue weighted by Gasteiger charge is 2.61. The topological polar surface area (TPSA) is 199 Å². The monoisotopic (exact) mass is 529 g/mol. The molecule has 0 heterocycles. The molecular formula is C27H35N3O8. The van der Waals surface area contributed by atoms with Gasteiger partial charge >= 0.3 is 6.03 Å². The molecule has 38 heavy (non-hydrogen) atoms. The summed E-state index contributed by atoms with van der Waals surface area (Å²) in [6.07, 6.45) is -2.02. The molecule has 3 aliphatic carbocycles. The third-order valence-corrected chi connectivity index (χ3v) is 8.42. The van der Waals surface area contributed by atoms with Gasteiger partial charge in [-0.1, -0.05) is 33.8 Å². The van der Waals surface area contributed by atoms with Crippen molar-refractivity contribution in [3.05, 3.63) is 28.8 Å². The number of aromatic hydroxyl groups is 1. The van der Waals surface area contributed by atoms with Crippen molar-refractivity contribution in [3.63, 3.8) is 0 Å². The molecule has 206 valence electrons. The van der Waals surface area contributed by atoms with Gasteiger partial charge in [0.25, 0.3) is 0 Å². The molecule has 0 aromatic heterocycles. The molecule has 1 aromatic carbocycles. The Morgan fingerprint density at radius 2 is 1.74 bits per heavy atom. The summed E-state index contributed by atoms with van der Waals surface area (Å²) < 4.78 is 0. The minimum atomic E-state index is -1.62. The number of carbonyl (C=O) groups is 4. The van der Waals surface area contributed by atoms with E-state index in [0.717, 1.165) is 6.42 Å². The van der Waals surface area contributed by atoms with Crippen LogP contribution < -0.4 is 16.4 Å². The molecule has 0 spiro atoms. The molecule has 0 bridgehead atoms. The normalized spacial score (nSPS) is 32.4. The van der Waals surface area contributed by atoms with Crippen molar-refractivity contribution in [2.24, 2.45) is 41.2 Å². The molecule has 2 saturated carbocycles. The number of hydrogen-bond donors (Lipinski definition) is 7. The van der Waals surface area contributed by atoms with Crippen LogP contribution in [0.5, 0.6) is 5.75 Å². The zero-order valence-electron chi connectivity index (χ0n) is 21.8. The van der Waals surface area contributed by atoms with Gasteiger partial charge in [-0.3, -0.25) is 14.4 Å². The summed E-state index contributed by atoms with van der Waals surface area (Å²) in [6, 6.07) is 2.51. The molecule has 1 aromatic rings. The smallest absolute Gasteiger partial charge is 0.319 e. The molecule has 3 aliphatic rings. The number of fused-ring (bicyclic) bond motifs is 3. The van der Waals surface area contributed by atoms with Crippen LogP contribution in [0.1, 0.15) is 51.2 Å². The maximum Gasteiger partial charge on any atom is 0.319 e. The molecule has 8 N–H and O–H groups in total. The Hall–Kier alpha value is -3.44. The molecule has 0 saturated heterocycles. The third-order valence-electron chi connectivity index (χ3n) is 8.42. The zero-order chi connectivity index (χ0) is 28.2. The standard InChI is InChI=1S/C27H35N3O8/c1-9(2)7-8-29-27(38)30-13-6-5-12-10(3)14-17(23(34)16(12)21(13)32)24(35)18-15(22(14)33)11(4)20(31)19(25(18)36)26(28)37/h5-6,9-11,14-15,18-20,22,31-34H,7-8H2,1-4H3,(H2,28,37)(H2,29,30,38)/t10-,11-,14?,15?,18?,19?,20?,22-/m0/s1. The number of Topliss-reactive ketones (excluding diaryl/α,β-unsaturated/α-hetero) is 2. The number of primary amides is 1. The van der Waals surface area contributed by atoms with E-state index in [-0.39, 0.29) is 16.8 Å². The van der Waals surface area contributed by atoms with E-state index in [1.54, 1.807) is 19.9 Å². The summed E-state index contributed by atoms with van der Waals surface area (Å²) in [6.45, 7) is 7.72. The highest BCUT2D eigenvalue weighted by Crippen LogP contribution is 2.55. The molecule has 11 heteroatoms. The minimum absolute atomic E-state index is 0.00422. The molecule has 11 nitrogen and oxygen atoms in total. The molecule has 8 atom stereocenters. The lowest BCUT2D eigenvalue weighted by Gasteiger charge is -2.51. The zero-order valence-corrected chi connectivity index (χ0v) is 21.8. The first-order chi connectivity index (χ1) is 17.8. The fourth-order valence-corrected chi connectivity index (χ4v) is 6.37. The van der Waals surface area contributed by atoms with E-state index in [2.05, 4.69) is 10.6 Å². The Balaban J connectivity index is 1.75. The van der Waals surface area contributed by atoms with E-state index >= 15 is 0 Å². The Labute approximate surface area is 220 Å². The van der Waals surface area contributed by atoms with Crippen LogP contribution in [0.25, 0.3) is 5.76 Å². The van der Waals surface area contributed by atoms with Gasteiger partial charge in [0, 0.05) is 24.0 Å². The number of hydrogen-bond acceptors (Lipinski definition) is 8. The number of ketones is 2. The lowest BCUT2D eigenvalue weighted by molar-refractivity contribution is -0.164. The van der Waals surface area contributed by atoms with Gasteiger partial charge in [-0.05, 0) is 35.8 Å². The summed E-state index contributed by atoms with van der Waals surface area (Å²) in [5.74, 6) is -9.84. The second-order valence-corrected chi connectivity index (χ2v) is 11.1. The first-order valence-corrected chi connectivity index (χ1v) is 12.9. The van der Waals surface area contributed by atoms with Gasteiger partial charge < -0.3 is 36.8 Å². The predicted molar refractivity (Wildman–Crippen MR) is 137 cm³/mol. The van der Waals surface area contributed by atoms with Crippen molar-refractivity contribution >= 4 is 35.0 Å². The van der Waals surface area contributed by atoms with Gasteiger partial charge in [0.1, 0.15) is 17.4 Å². The summed E-state index contributed by atoms with van der Waals surface area (Å²) in [4.78, 5) is 51.2. The van der Waals surface area contributed by atoms with Crippen LogP contribution in [-0.4, -0.2) is 62.7 Å². The second kappa shape index (κ2) is 10.0. The van der Waals surface area contributed by atoms with Gasteiger partial charge in [0.15, 0.2) is 11.6 Å². The number of urea groups is 1. The minimum Gasteiger partial charge on any atom is -0.507 e. The van der Waals surface area contributed by atoms with Crippen molar-refractivity contribution in [2.75, 3.05) is 11.9 Å². The fourth-order valence-electron chi connectivity index (χ4n) is 6.37. The summed E-state index contributed by atoms with van der Waals surface area (Å²) >= 11 is 0.